The molecule has 0 aliphatic carbocycles. The fourth-order valence-electron chi connectivity index (χ4n) is 2.77. The molecule has 3 aromatic rings. The number of ether oxygens (including phenoxy) is 2. The predicted molar refractivity (Wildman–Crippen MR) is 123 cm³/mol. The summed E-state index contributed by atoms with van der Waals surface area (Å²) in [5.41, 5.74) is 4.80. The van der Waals surface area contributed by atoms with Crippen LogP contribution in [0.25, 0.3) is 0 Å². The van der Waals surface area contributed by atoms with Crippen LogP contribution in [-0.4, -0.2) is 24.7 Å². The summed E-state index contributed by atoms with van der Waals surface area (Å²) in [5, 5.41) is 4.02. The monoisotopic (exact) mass is 480 g/mol. The standard InChI is InChI=1S/C24H21BrN2O4/c1-3-30-20-11-8-17(9-12-20)24(29)31-22-13-10-19(25)14-18(22)15-26-27-23(28)21-7-5-4-6-16(21)2/h4-15H,3H2,1-2H3,(H,27,28)/b26-15-. The highest BCUT2D eigenvalue weighted by atomic mass is 79.9. The van der Waals surface area contributed by atoms with E-state index in [-0.39, 0.29) is 5.91 Å². The van der Waals surface area contributed by atoms with Crippen LogP contribution in [0.15, 0.2) is 76.3 Å². The number of nitrogens with zero attached hydrogens (tertiary/aromatic N) is 1. The lowest BCUT2D eigenvalue weighted by Crippen LogP contribution is -2.18. The van der Waals surface area contributed by atoms with E-state index in [1.54, 1.807) is 54.6 Å². The lowest BCUT2D eigenvalue weighted by molar-refractivity contribution is 0.0734. The first-order valence-corrected chi connectivity index (χ1v) is 10.4. The van der Waals surface area contributed by atoms with Gasteiger partial charge in [0.2, 0.25) is 0 Å². The van der Waals surface area contributed by atoms with E-state index in [9.17, 15) is 9.59 Å². The Bertz CT molecular complexity index is 1110. The van der Waals surface area contributed by atoms with Gasteiger partial charge >= 0.3 is 5.97 Å². The van der Waals surface area contributed by atoms with E-state index in [4.69, 9.17) is 9.47 Å². The van der Waals surface area contributed by atoms with Crippen LogP contribution in [0.4, 0.5) is 0 Å². The Kier molecular flexibility index (Phi) is 7.56. The molecular formula is C24H21BrN2O4. The normalized spacial score (nSPS) is 10.7. The molecule has 0 saturated carbocycles. The Labute approximate surface area is 189 Å². The number of aryl methyl sites for hydroxylation is 1. The number of halogens is 1. The van der Waals surface area contributed by atoms with Crippen molar-refractivity contribution < 1.29 is 19.1 Å². The average molecular weight is 481 g/mol. The van der Waals surface area contributed by atoms with Crippen LogP contribution in [0.1, 0.15) is 38.8 Å². The molecule has 0 bridgehead atoms. The molecule has 1 amide bonds. The van der Waals surface area contributed by atoms with Crippen molar-refractivity contribution in [2.45, 2.75) is 13.8 Å². The average Bonchev–Trinajstić information content (AvgIpc) is 2.76. The highest BCUT2D eigenvalue weighted by Crippen LogP contribution is 2.23. The number of hydrazone groups is 1. The smallest absolute Gasteiger partial charge is 0.343 e. The second-order valence-corrected chi connectivity index (χ2v) is 7.46. The van der Waals surface area contributed by atoms with Crippen molar-refractivity contribution in [3.8, 4) is 11.5 Å². The van der Waals surface area contributed by atoms with E-state index >= 15 is 0 Å². The van der Waals surface area contributed by atoms with E-state index in [1.807, 2.05) is 26.0 Å². The third-order valence-corrected chi connectivity index (χ3v) is 4.83. The van der Waals surface area contributed by atoms with Crippen LogP contribution in [-0.2, 0) is 0 Å². The summed E-state index contributed by atoms with van der Waals surface area (Å²) >= 11 is 3.39. The molecule has 7 heteroatoms. The number of rotatable bonds is 7. The summed E-state index contributed by atoms with van der Waals surface area (Å²) in [6.45, 7) is 4.29. The maximum absolute atomic E-state index is 12.5. The molecule has 0 aromatic heterocycles. The molecule has 0 atom stereocenters. The largest absolute Gasteiger partial charge is 0.494 e. The van der Waals surface area contributed by atoms with Gasteiger partial charge in [0, 0.05) is 15.6 Å². The molecule has 0 aliphatic heterocycles. The van der Waals surface area contributed by atoms with Crippen LogP contribution in [0.5, 0.6) is 11.5 Å². The van der Waals surface area contributed by atoms with Gasteiger partial charge in [-0.25, -0.2) is 10.2 Å². The number of carbonyl (C=O) groups is 2. The molecule has 0 fully saturated rings. The first-order valence-electron chi connectivity index (χ1n) is 9.61. The van der Waals surface area contributed by atoms with Gasteiger partial charge in [-0.2, -0.15) is 5.10 Å². The zero-order chi connectivity index (χ0) is 22.2. The molecule has 3 aromatic carbocycles. The van der Waals surface area contributed by atoms with Crippen molar-refractivity contribution >= 4 is 34.0 Å². The Balaban J connectivity index is 1.72. The zero-order valence-corrected chi connectivity index (χ0v) is 18.7. The minimum Gasteiger partial charge on any atom is -0.494 e. The third-order valence-electron chi connectivity index (χ3n) is 4.33. The number of nitrogens with one attached hydrogen (secondary N) is 1. The van der Waals surface area contributed by atoms with Gasteiger partial charge in [0.05, 0.1) is 18.4 Å². The lowest BCUT2D eigenvalue weighted by atomic mass is 10.1. The van der Waals surface area contributed by atoms with Crippen LogP contribution in [0.3, 0.4) is 0 Å². The number of benzene rings is 3. The van der Waals surface area contributed by atoms with Crippen molar-refractivity contribution in [2.75, 3.05) is 6.61 Å². The fourth-order valence-corrected chi connectivity index (χ4v) is 3.15. The molecule has 0 spiro atoms. The maximum Gasteiger partial charge on any atom is 0.343 e. The summed E-state index contributed by atoms with van der Waals surface area (Å²) in [6, 6.07) is 19.1. The molecule has 3 rings (SSSR count). The number of hydrogen-bond donors (Lipinski definition) is 1. The molecule has 0 unspecified atom stereocenters. The number of carbonyl (C=O) groups excluding carboxylic acids is 2. The van der Waals surface area contributed by atoms with Gasteiger partial charge in [-0.15, -0.1) is 0 Å². The second kappa shape index (κ2) is 10.5. The van der Waals surface area contributed by atoms with Crippen molar-refractivity contribution in [1.82, 2.24) is 5.43 Å². The first kappa shape index (κ1) is 22.2. The Morgan fingerprint density at radius 1 is 1.06 bits per heavy atom. The SMILES string of the molecule is CCOc1ccc(C(=O)Oc2ccc(Br)cc2/C=N\NC(=O)c2ccccc2C)cc1. The molecule has 0 saturated heterocycles. The van der Waals surface area contributed by atoms with Gasteiger partial charge in [-0.05, 0) is 67.9 Å². The molecule has 158 valence electrons. The number of amides is 1. The fraction of sp³-hybridized carbons (Fsp3) is 0.125. The summed E-state index contributed by atoms with van der Waals surface area (Å²) in [5.74, 6) is 0.164. The highest BCUT2D eigenvalue weighted by Gasteiger charge is 2.12. The van der Waals surface area contributed by atoms with Crippen molar-refractivity contribution in [2.24, 2.45) is 5.10 Å². The van der Waals surface area contributed by atoms with Gasteiger partial charge in [-0.1, -0.05) is 34.1 Å². The molecule has 0 heterocycles. The molecule has 0 radical (unpaired) electrons. The van der Waals surface area contributed by atoms with Crippen molar-refractivity contribution in [3.05, 3.63) is 93.5 Å². The molecule has 31 heavy (non-hydrogen) atoms. The highest BCUT2D eigenvalue weighted by molar-refractivity contribution is 9.10. The van der Waals surface area contributed by atoms with E-state index in [0.29, 0.717) is 34.8 Å². The summed E-state index contributed by atoms with van der Waals surface area (Å²) in [7, 11) is 0. The lowest BCUT2D eigenvalue weighted by Gasteiger charge is -2.09. The van der Waals surface area contributed by atoms with Crippen molar-refractivity contribution in [1.29, 1.82) is 0 Å². The first-order chi connectivity index (χ1) is 15.0. The van der Waals surface area contributed by atoms with Crippen LogP contribution >= 0.6 is 15.9 Å². The minimum absolute atomic E-state index is 0.316. The van der Waals surface area contributed by atoms with Gasteiger partial charge < -0.3 is 9.47 Å². The molecule has 1 N–H and O–H groups in total. The quantitative estimate of drug-likeness (QED) is 0.220. The van der Waals surface area contributed by atoms with E-state index in [2.05, 4.69) is 26.5 Å². The van der Waals surface area contributed by atoms with Gasteiger partial charge in [0.15, 0.2) is 0 Å². The van der Waals surface area contributed by atoms with Gasteiger partial charge in [0.1, 0.15) is 11.5 Å². The Morgan fingerprint density at radius 3 is 2.52 bits per heavy atom. The van der Waals surface area contributed by atoms with Gasteiger partial charge in [0.25, 0.3) is 5.91 Å². The van der Waals surface area contributed by atoms with Gasteiger partial charge in [-0.3, -0.25) is 4.79 Å². The molecule has 6 nitrogen and oxygen atoms in total. The molecular weight excluding hydrogens is 460 g/mol. The summed E-state index contributed by atoms with van der Waals surface area (Å²) < 4.78 is 11.7. The van der Waals surface area contributed by atoms with E-state index < -0.39 is 5.97 Å². The van der Waals surface area contributed by atoms with Crippen molar-refractivity contribution in [3.63, 3.8) is 0 Å². The predicted octanol–water partition coefficient (Wildman–Crippen LogP) is 5.14. The summed E-state index contributed by atoms with van der Waals surface area (Å²) in [4.78, 5) is 24.9. The Hall–Kier alpha value is -3.45. The van der Waals surface area contributed by atoms with Crippen LogP contribution in [0.2, 0.25) is 0 Å². The minimum atomic E-state index is -0.510. The van der Waals surface area contributed by atoms with Crippen LogP contribution in [0, 0.1) is 6.92 Å². The topological polar surface area (TPSA) is 77.0 Å². The van der Waals surface area contributed by atoms with E-state index in [0.717, 1.165) is 10.0 Å². The Morgan fingerprint density at radius 2 is 1.81 bits per heavy atom. The summed E-state index contributed by atoms with van der Waals surface area (Å²) in [6.07, 6.45) is 1.43. The third kappa shape index (κ3) is 6.02. The van der Waals surface area contributed by atoms with Crippen LogP contribution < -0.4 is 14.9 Å². The second-order valence-electron chi connectivity index (χ2n) is 6.54. The zero-order valence-electron chi connectivity index (χ0n) is 17.1. The maximum atomic E-state index is 12.5. The number of esters is 1. The number of hydrogen-bond acceptors (Lipinski definition) is 5. The van der Waals surface area contributed by atoms with E-state index in [1.165, 1.54) is 6.21 Å². The molecule has 0 aliphatic rings.